The third-order valence-corrected chi connectivity index (χ3v) is 4.55. The minimum atomic E-state index is -0.555. The topological polar surface area (TPSA) is 77.0 Å². The molecule has 4 N–H and O–H groups in total. The van der Waals surface area contributed by atoms with Gasteiger partial charge in [0, 0.05) is 17.6 Å². The Balaban J connectivity index is 2.87. The summed E-state index contributed by atoms with van der Waals surface area (Å²) in [5.74, 6) is 0.366. The van der Waals surface area contributed by atoms with E-state index in [1.165, 1.54) is 0 Å². The van der Waals surface area contributed by atoms with Gasteiger partial charge in [-0.05, 0) is 37.6 Å². The van der Waals surface area contributed by atoms with Crippen molar-refractivity contribution in [2.75, 3.05) is 20.1 Å². The van der Waals surface area contributed by atoms with Crippen LogP contribution in [0.1, 0.15) is 26.3 Å². The van der Waals surface area contributed by atoms with E-state index in [9.17, 15) is 4.79 Å². The number of nitrogens with one attached hydrogen (secondary N) is 4. The fourth-order valence-electron chi connectivity index (χ4n) is 2.15. The molecule has 0 radical (unpaired) electrons. The first kappa shape index (κ1) is 18.6. The Hall–Kier alpha value is -1.40. The Kier molecular flexibility index (Phi) is 7.03. The summed E-state index contributed by atoms with van der Waals surface area (Å²) < 4.78 is 0.992. The lowest BCUT2D eigenvalue weighted by molar-refractivity contribution is 0.244. The lowest BCUT2D eigenvalue weighted by Crippen LogP contribution is -2.51. The fraction of sp³-hybridized carbons (Fsp3) is 0.500. The van der Waals surface area contributed by atoms with Gasteiger partial charge in [0.2, 0.25) is 0 Å². The van der Waals surface area contributed by atoms with Crippen molar-refractivity contribution in [2.24, 2.45) is 5.92 Å². The van der Waals surface area contributed by atoms with E-state index in [1.54, 1.807) is 0 Å². The number of amidine groups is 1. The Morgan fingerprint density at radius 3 is 2.36 bits per heavy atom. The number of carbonyl (C=O) groups excluding carboxylic acids is 1. The number of carbonyl (C=O) groups is 1. The van der Waals surface area contributed by atoms with Crippen LogP contribution in [-0.2, 0) is 5.41 Å². The summed E-state index contributed by atoms with van der Waals surface area (Å²) >= 11 is 3.42. The van der Waals surface area contributed by atoms with Crippen LogP contribution in [0.25, 0.3) is 0 Å². The second-order valence-electron chi connectivity index (χ2n) is 5.72. The van der Waals surface area contributed by atoms with Crippen LogP contribution in [0.3, 0.4) is 0 Å². The van der Waals surface area contributed by atoms with Gasteiger partial charge in [0.1, 0.15) is 5.84 Å². The predicted octanol–water partition coefficient (Wildman–Crippen LogP) is 2.86. The Labute approximate surface area is 140 Å². The molecule has 0 spiro atoms. The van der Waals surface area contributed by atoms with Crippen molar-refractivity contribution in [1.82, 2.24) is 16.0 Å². The average Bonchev–Trinajstić information content (AvgIpc) is 2.47. The molecule has 1 rings (SSSR count). The molecule has 1 aromatic rings. The van der Waals surface area contributed by atoms with Gasteiger partial charge < -0.3 is 10.6 Å². The quantitative estimate of drug-likeness (QED) is 0.354. The Bertz CT molecular complexity index is 515. The van der Waals surface area contributed by atoms with Crippen molar-refractivity contribution in [3.8, 4) is 0 Å². The fourth-order valence-corrected chi connectivity index (χ4v) is 2.42. The summed E-state index contributed by atoms with van der Waals surface area (Å²) in [6.45, 7) is 7.30. The van der Waals surface area contributed by atoms with Gasteiger partial charge in [-0.1, -0.05) is 41.9 Å². The lowest BCUT2D eigenvalue weighted by atomic mass is 9.72. The van der Waals surface area contributed by atoms with E-state index in [0.717, 1.165) is 10.0 Å². The molecule has 1 atom stereocenters. The normalized spacial score (nSPS) is 13.5. The van der Waals surface area contributed by atoms with Crippen LogP contribution < -0.4 is 16.0 Å². The molecule has 0 saturated carbocycles. The number of benzene rings is 1. The summed E-state index contributed by atoms with van der Waals surface area (Å²) in [5, 5.41) is 16.7. The van der Waals surface area contributed by atoms with Crippen molar-refractivity contribution < 1.29 is 4.79 Å². The van der Waals surface area contributed by atoms with Crippen molar-refractivity contribution in [3.05, 3.63) is 34.3 Å². The van der Waals surface area contributed by atoms with Gasteiger partial charge in [-0.25, -0.2) is 4.79 Å². The molecule has 22 heavy (non-hydrogen) atoms. The molecule has 122 valence electrons. The van der Waals surface area contributed by atoms with Crippen LogP contribution in [-0.4, -0.2) is 32.0 Å². The molecule has 1 unspecified atom stereocenters. The van der Waals surface area contributed by atoms with Crippen LogP contribution >= 0.6 is 15.9 Å². The second-order valence-corrected chi connectivity index (χ2v) is 6.64. The highest BCUT2D eigenvalue weighted by molar-refractivity contribution is 9.10. The number of halogens is 1. The molecule has 0 fully saturated rings. The maximum Gasteiger partial charge on any atom is 0.320 e. The lowest BCUT2D eigenvalue weighted by Gasteiger charge is -2.35. The summed E-state index contributed by atoms with van der Waals surface area (Å²) in [6.07, 6.45) is 0. The summed E-state index contributed by atoms with van der Waals surface area (Å²) in [5.41, 5.74) is 0.451. The number of rotatable bonds is 6. The van der Waals surface area contributed by atoms with E-state index in [2.05, 4.69) is 45.7 Å². The first-order valence-electron chi connectivity index (χ1n) is 7.36. The molecule has 0 aliphatic carbocycles. The highest BCUT2D eigenvalue weighted by atomic mass is 79.9. The smallest absolute Gasteiger partial charge is 0.320 e. The van der Waals surface area contributed by atoms with Crippen LogP contribution in [0, 0.1) is 11.3 Å². The number of likely N-dealkylation sites (N-methyl/N-ethyl adjacent to an activating group) is 1. The standard InChI is InChI=1S/C16H25BrN4O/c1-11(2)16(3,12-5-7-13(17)8-6-12)14(18)21-15(22)20-10-9-19-4/h5-8,11,19H,9-10H2,1-4H3,(H3,18,20,21,22). The van der Waals surface area contributed by atoms with Gasteiger partial charge in [-0.2, -0.15) is 0 Å². The van der Waals surface area contributed by atoms with Crippen LogP contribution in [0.5, 0.6) is 0 Å². The third-order valence-electron chi connectivity index (χ3n) is 4.02. The van der Waals surface area contributed by atoms with E-state index < -0.39 is 5.41 Å². The van der Waals surface area contributed by atoms with Crippen molar-refractivity contribution in [3.63, 3.8) is 0 Å². The molecule has 0 bridgehead atoms. The van der Waals surface area contributed by atoms with Crippen molar-refractivity contribution in [2.45, 2.75) is 26.2 Å². The number of urea groups is 1. The molecular weight excluding hydrogens is 344 g/mol. The molecule has 0 aromatic heterocycles. The van der Waals surface area contributed by atoms with E-state index in [4.69, 9.17) is 5.41 Å². The number of hydrogen-bond donors (Lipinski definition) is 4. The minimum Gasteiger partial charge on any atom is -0.337 e. The Morgan fingerprint density at radius 2 is 1.86 bits per heavy atom. The van der Waals surface area contributed by atoms with E-state index >= 15 is 0 Å². The molecule has 0 saturated heterocycles. The largest absolute Gasteiger partial charge is 0.337 e. The third kappa shape index (κ3) is 4.55. The maximum atomic E-state index is 11.9. The predicted molar refractivity (Wildman–Crippen MR) is 94.5 cm³/mol. The monoisotopic (exact) mass is 368 g/mol. The van der Waals surface area contributed by atoms with Gasteiger partial charge in [-0.15, -0.1) is 0 Å². The molecule has 6 heteroatoms. The van der Waals surface area contributed by atoms with Crippen LogP contribution in [0.2, 0.25) is 0 Å². The molecule has 0 aliphatic rings. The zero-order valence-corrected chi connectivity index (χ0v) is 15.2. The van der Waals surface area contributed by atoms with Crippen LogP contribution in [0.15, 0.2) is 28.7 Å². The van der Waals surface area contributed by atoms with Gasteiger partial charge in [-0.3, -0.25) is 10.7 Å². The van der Waals surface area contributed by atoms with Gasteiger partial charge in [0.25, 0.3) is 0 Å². The minimum absolute atomic E-state index is 0.166. The summed E-state index contributed by atoms with van der Waals surface area (Å²) in [7, 11) is 1.82. The zero-order chi connectivity index (χ0) is 16.8. The molecule has 1 aromatic carbocycles. The van der Waals surface area contributed by atoms with E-state index in [0.29, 0.717) is 13.1 Å². The summed E-state index contributed by atoms with van der Waals surface area (Å²) in [4.78, 5) is 11.9. The van der Waals surface area contributed by atoms with Crippen molar-refractivity contribution in [1.29, 1.82) is 5.41 Å². The average molecular weight is 369 g/mol. The first-order valence-corrected chi connectivity index (χ1v) is 8.16. The zero-order valence-electron chi connectivity index (χ0n) is 13.6. The summed E-state index contributed by atoms with van der Waals surface area (Å²) in [6, 6.07) is 7.54. The van der Waals surface area contributed by atoms with E-state index in [-0.39, 0.29) is 17.8 Å². The molecule has 0 aliphatic heterocycles. The molecule has 5 nitrogen and oxygen atoms in total. The van der Waals surface area contributed by atoms with Crippen LogP contribution in [0.4, 0.5) is 4.79 Å². The SMILES string of the molecule is CNCCNC(=O)NC(=N)C(C)(c1ccc(Br)cc1)C(C)C. The Morgan fingerprint density at radius 1 is 1.27 bits per heavy atom. The van der Waals surface area contributed by atoms with Gasteiger partial charge in [0.15, 0.2) is 0 Å². The number of amides is 2. The molecular formula is C16H25BrN4O. The highest BCUT2D eigenvalue weighted by Gasteiger charge is 2.36. The number of hydrogen-bond acceptors (Lipinski definition) is 3. The maximum absolute atomic E-state index is 11.9. The van der Waals surface area contributed by atoms with Crippen molar-refractivity contribution >= 4 is 27.8 Å². The van der Waals surface area contributed by atoms with Gasteiger partial charge in [0.05, 0.1) is 5.41 Å². The van der Waals surface area contributed by atoms with Gasteiger partial charge >= 0.3 is 6.03 Å². The highest BCUT2D eigenvalue weighted by Crippen LogP contribution is 2.33. The first-order chi connectivity index (χ1) is 10.3. The second kappa shape index (κ2) is 8.29. The molecule has 2 amide bonds. The molecule has 0 heterocycles. The van der Waals surface area contributed by atoms with E-state index in [1.807, 2.05) is 38.2 Å².